The Hall–Kier alpha value is -3.49. The highest BCUT2D eigenvalue weighted by Crippen LogP contribution is 2.38. The SMILES string of the molecule is Cc1ccc(CNC(=O)c2scc(-c3ccccc3)c2S(=O)(=O)N(C)c2ccc(F)cc2)cc1. The van der Waals surface area contributed by atoms with E-state index in [2.05, 4.69) is 5.32 Å². The van der Waals surface area contributed by atoms with E-state index in [1.807, 2.05) is 49.4 Å². The van der Waals surface area contributed by atoms with E-state index >= 15 is 0 Å². The van der Waals surface area contributed by atoms with Crippen LogP contribution in [-0.2, 0) is 16.6 Å². The largest absolute Gasteiger partial charge is 0.347 e. The number of nitrogens with one attached hydrogen (secondary N) is 1. The monoisotopic (exact) mass is 494 g/mol. The van der Waals surface area contributed by atoms with Crippen molar-refractivity contribution in [2.75, 3.05) is 11.4 Å². The molecule has 0 bridgehead atoms. The van der Waals surface area contributed by atoms with Gasteiger partial charge in [0.25, 0.3) is 15.9 Å². The number of amides is 1. The molecule has 174 valence electrons. The molecule has 1 N–H and O–H groups in total. The molecular formula is C26H23FN2O3S2. The summed E-state index contributed by atoms with van der Waals surface area (Å²) in [6, 6.07) is 22.0. The average Bonchev–Trinajstić information content (AvgIpc) is 3.30. The smallest absolute Gasteiger partial charge is 0.266 e. The summed E-state index contributed by atoms with van der Waals surface area (Å²) in [6.45, 7) is 2.25. The Balaban J connectivity index is 1.74. The summed E-state index contributed by atoms with van der Waals surface area (Å²) >= 11 is 1.08. The molecule has 1 amide bonds. The van der Waals surface area contributed by atoms with Crippen LogP contribution < -0.4 is 9.62 Å². The van der Waals surface area contributed by atoms with E-state index in [4.69, 9.17) is 0 Å². The van der Waals surface area contributed by atoms with Crippen LogP contribution in [0.25, 0.3) is 11.1 Å². The van der Waals surface area contributed by atoms with Crippen molar-refractivity contribution in [2.45, 2.75) is 18.4 Å². The van der Waals surface area contributed by atoms with Gasteiger partial charge in [-0.2, -0.15) is 0 Å². The van der Waals surface area contributed by atoms with E-state index in [0.717, 1.165) is 26.8 Å². The first-order chi connectivity index (χ1) is 16.3. The second-order valence-corrected chi connectivity index (χ2v) is 10.6. The molecule has 3 aromatic carbocycles. The van der Waals surface area contributed by atoms with Crippen LogP contribution in [-0.4, -0.2) is 21.4 Å². The number of carbonyl (C=O) groups is 1. The molecule has 0 saturated carbocycles. The Kier molecular flexibility index (Phi) is 6.81. The van der Waals surface area contributed by atoms with Gasteiger partial charge in [-0.15, -0.1) is 11.3 Å². The van der Waals surface area contributed by atoms with Crippen molar-refractivity contribution in [3.63, 3.8) is 0 Å². The number of aryl methyl sites for hydroxylation is 1. The fourth-order valence-corrected chi connectivity index (χ4v) is 6.35. The predicted molar refractivity (Wildman–Crippen MR) is 134 cm³/mol. The summed E-state index contributed by atoms with van der Waals surface area (Å²) in [7, 11) is -2.75. The van der Waals surface area contributed by atoms with Crippen LogP contribution in [0.4, 0.5) is 10.1 Å². The van der Waals surface area contributed by atoms with E-state index in [-0.39, 0.29) is 22.0 Å². The molecule has 0 aliphatic heterocycles. The zero-order valence-corrected chi connectivity index (χ0v) is 20.3. The maximum absolute atomic E-state index is 13.8. The number of hydrogen-bond donors (Lipinski definition) is 1. The molecule has 4 rings (SSSR count). The van der Waals surface area contributed by atoms with Crippen molar-refractivity contribution in [3.8, 4) is 11.1 Å². The molecule has 0 saturated heterocycles. The minimum Gasteiger partial charge on any atom is -0.347 e. The van der Waals surface area contributed by atoms with Gasteiger partial charge in [-0.3, -0.25) is 9.10 Å². The zero-order chi connectivity index (χ0) is 24.3. The molecule has 4 aromatic rings. The maximum Gasteiger partial charge on any atom is 0.266 e. The number of sulfonamides is 1. The first kappa shape index (κ1) is 23.7. The first-order valence-corrected chi connectivity index (χ1v) is 12.8. The van der Waals surface area contributed by atoms with Crippen LogP contribution in [0.2, 0.25) is 0 Å². The second-order valence-electron chi connectivity index (χ2n) is 7.79. The summed E-state index contributed by atoms with van der Waals surface area (Å²) in [5, 5.41) is 4.52. The van der Waals surface area contributed by atoms with Crippen LogP contribution in [0.1, 0.15) is 20.8 Å². The van der Waals surface area contributed by atoms with E-state index in [1.54, 1.807) is 17.5 Å². The van der Waals surface area contributed by atoms with Crippen LogP contribution in [0.15, 0.2) is 89.1 Å². The Bertz CT molecular complexity index is 1400. The number of anilines is 1. The zero-order valence-electron chi connectivity index (χ0n) is 18.7. The summed E-state index contributed by atoms with van der Waals surface area (Å²) in [6.07, 6.45) is 0. The van der Waals surface area contributed by atoms with Crippen molar-refractivity contribution < 1.29 is 17.6 Å². The van der Waals surface area contributed by atoms with Gasteiger partial charge in [-0.25, -0.2) is 12.8 Å². The molecule has 34 heavy (non-hydrogen) atoms. The Morgan fingerprint density at radius 2 is 1.62 bits per heavy atom. The van der Waals surface area contributed by atoms with Crippen molar-refractivity contribution in [1.82, 2.24) is 5.32 Å². The Morgan fingerprint density at radius 1 is 0.971 bits per heavy atom. The Labute approximate surface area is 202 Å². The number of thiophene rings is 1. The van der Waals surface area contributed by atoms with E-state index in [1.165, 1.54) is 31.3 Å². The molecule has 0 spiro atoms. The maximum atomic E-state index is 13.8. The molecule has 0 radical (unpaired) electrons. The van der Waals surface area contributed by atoms with Gasteiger partial charge >= 0.3 is 0 Å². The van der Waals surface area contributed by atoms with Gasteiger partial charge in [0.15, 0.2) is 0 Å². The van der Waals surface area contributed by atoms with Crippen LogP contribution in [0, 0.1) is 12.7 Å². The highest BCUT2D eigenvalue weighted by atomic mass is 32.2. The second kappa shape index (κ2) is 9.79. The molecule has 0 atom stereocenters. The van der Waals surface area contributed by atoms with Gasteiger partial charge in [0.05, 0.1) is 5.69 Å². The van der Waals surface area contributed by atoms with Crippen molar-refractivity contribution >= 4 is 33.0 Å². The van der Waals surface area contributed by atoms with E-state index in [9.17, 15) is 17.6 Å². The molecule has 0 fully saturated rings. The fourth-order valence-electron chi connectivity index (χ4n) is 3.47. The lowest BCUT2D eigenvalue weighted by atomic mass is 10.1. The number of halogens is 1. The van der Waals surface area contributed by atoms with Gasteiger partial charge in [0, 0.05) is 24.5 Å². The normalized spacial score (nSPS) is 11.3. The number of rotatable bonds is 7. The van der Waals surface area contributed by atoms with Gasteiger partial charge in [0.2, 0.25) is 0 Å². The first-order valence-electron chi connectivity index (χ1n) is 10.5. The van der Waals surface area contributed by atoms with Gasteiger partial charge in [-0.05, 0) is 42.3 Å². The third-order valence-corrected chi connectivity index (χ3v) is 8.40. The molecule has 1 aromatic heterocycles. The molecular weight excluding hydrogens is 471 g/mol. The number of nitrogens with zero attached hydrogens (tertiary/aromatic N) is 1. The summed E-state index contributed by atoms with van der Waals surface area (Å²) in [5.74, 6) is -0.940. The quantitative estimate of drug-likeness (QED) is 0.363. The summed E-state index contributed by atoms with van der Waals surface area (Å²) in [4.78, 5) is 13.2. The Morgan fingerprint density at radius 3 is 2.26 bits per heavy atom. The van der Waals surface area contributed by atoms with E-state index < -0.39 is 21.7 Å². The van der Waals surface area contributed by atoms with Crippen molar-refractivity contribution in [3.05, 3.63) is 106 Å². The number of hydrogen-bond acceptors (Lipinski definition) is 4. The summed E-state index contributed by atoms with van der Waals surface area (Å²) < 4.78 is 42.0. The van der Waals surface area contributed by atoms with Gasteiger partial charge in [0.1, 0.15) is 15.6 Å². The van der Waals surface area contributed by atoms with Crippen molar-refractivity contribution in [1.29, 1.82) is 0 Å². The standard InChI is InChI=1S/C26H23FN2O3S2/c1-18-8-10-19(11-9-18)16-28-26(30)24-25(23(17-33-24)20-6-4-3-5-7-20)34(31,32)29(2)22-14-12-21(27)13-15-22/h3-15,17H,16H2,1-2H3,(H,28,30). The third-order valence-electron chi connectivity index (χ3n) is 5.42. The average molecular weight is 495 g/mol. The van der Waals surface area contributed by atoms with Crippen molar-refractivity contribution in [2.24, 2.45) is 0 Å². The van der Waals surface area contributed by atoms with Crippen LogP contribution >= 0.6 is 11.3 Å². The lowest BCUT2D eigenvalue weighted by molar-refractivity contribution is 0.0952. The minimum absolute atomic E-state index is 0.0723. The highest BCUT2D eigenvalue weighted by Gasteiger charge is 2.32. The highest BCUT2D eigenvalue weighted by molar-refractivity contribution is 7.93. The molecule has 0 unspecified atom stereocenters. The number of carbonyl (C=O) groups excluding carboxylic acids is 1. The predicted octanol–water partition coefficient (Wildman–Crippen LogP) is 5.62. The lowest BCUT2D eigenvalue weighted by Crippen LogP contribution is -2.30. The number of benzene rings is 3. The fraction of sp³-hybridized carbons (Fsp3) is 0.115. The van der Waals surface area contributed by atoms with Gasteiger partial charge < -0.3 is 5.32 Å². The van der Waals surface area contributed by atoms with Crippen LogP contribution in [0.5, 0.6) is 0 Å². The summed E-state index contributed by atoms with van der Waals surface area (Å²) in [5.41, 5.74) is 3.43. The molecule has 8 heteroatoms. The molecule has 5 nitrogen and oxygen atoms in total. The topological polar surface area (TPSA) is 66.5 Å². The molecule has 0 aliphatic carbocycles. The van der Waals surface area contributed by atoms with E-state index in [0.29, 0.717) is 11.1 Å². The van der Waals surface area contributed by atoms with Crippen LogP contribution in [0.3, 0.4) is 0 Å². The minimum atomic E-state index is -4.14. The molecule has 0 aliphatic rings. The third kappa shape index (κ3) is 4.88. The van der Waals surface area contributed by atoms with Gasteiger partial charge in [-0.1, -0.05) is 60.2 Å². The lowest BCUT2D eigenvalue weighted by Gasteiger charge is -2.21. The molecule has 1 heterocycles.